The number of aromatic amines is 1. The minimum Gasteiger partial charge on any atom is -0.494 e. The van der Waals surface area contributed by atoms with E-state index in [0.29, 0.717) is 18.2 Å². The lowest BCUT2D eigenvalue weighted by Gasteiger charge is -2.07. The van der Waals surface area contributed by atoms with Crippen molar-refractivity contribution in [2.24, 2.45) is 0 Å². The fourth-order valence-corrected chi connectivity index (χ4v) is 2.92. The van der Waals surface area contributed by atoms with Crippen molar-refractivity contribution in [1.29, 1.82) is 0 Å². The fourth-order valence-electron chi connectivity index (χ4n) is 2.92. The Hall–Kier alpha value is -2.89. The van der Waals surface area contributed by atoms with Crippen LogP contribution in [0.3, 0.4) is 0 Å². The highest BCUT2D eigenvalue weighted by Gasteiger charge is 2.28. The lowest BCUT2D eigenvalue weighted by Crippen LogP contribution is -2.06. The molecule has 0 spiro atoms. The molecule has 6 nitrogen and oxygen atoms in total. The van der Waals surface area contributed by atoms with E-state index in [9.17, 15) is 4.79 Å². The van der Waals surface area contributed by atoms with Crippen molar-refractivity contribution in [3.63, 3.8) is 0 Å². The molecule has 0 atom stereocenters. The molecule has 0 saturated heterocycles. The summed E-state index contributed by atoms with van der Waals surface area (Å²) in [6.07, 6.45) is 4.03. The van der Waals surface area contributed by atoms with Gasteiger partial charge in [-0.25, -0.2) is 14.8 Å². The van der Waals surface area contributed by atoms with E-state index in [2.05, 4.69) is 9.97 Å². The van der Waals surface area contributed by atoms with Crippen molar-refractivity contribution in [3.05, 3.63) is 42.0 Å². The SMILES string of the molecule is CCOC(=O)c1ccc(-c2ccc(OC)c3[nH]c(C4CC4)nc23)cn1. The van der Waals surface area contributed by atoms with Gasteiger partial charge >= 0.3 is 5.97 Å². The highest BCUT2D eigenvalue weighted by molar-refractivity contribution is 5.96. The molecule has 6 heteroatoms. The molecule has 0 amide bonds. The molecule has 25 heavy (non-hydrogen) atoms. The predicted octanol–water partition coefficient (Wildman–Crippen LogP) is 3.69. The maximum atomic E-state index is 11.8. The van der Waals surface area contributed by atoms with Gasteiger partial charge in [0.15, 0.2) is 0 Å². The van der Waals surface area contributed by atoms with Gasteiger partial charge in [-0.1, -0.05) is 6.07 Å². The zero-order valence-corrected chi connectivity index (χ0v) is 14.2. The molecule has 1 N–H and O–H groups in total. The van der Waals surface area contributed by atoms with Crippen LogP contribution in [0.25, 0.3) is 22.2 Å². The number of carbonyl (C=O) groups is 1. The van der Waals surface area contributed by atoms with Crippen molar-refractivity contribution >= 4 is 17.0 Å². The number of esters is 1. The molecule has 1 aliphatic rings. The summed E-state index contributed by atoms with van der Waals surface area (Å²) in [6.45, 7) is 2.11. The Morgan fingerprint density at radius 1 is 1.28 bits per heavy atom. The van der Waals surface area contributed by atoms with E-state index < -0.39 is 5.97 Å². The van der Waals surface area contributed by atoms with Crippen molar-refractivity contribution in [2.75, 3.05) is 13.7 Å². The summed E-state index contributed by atoms with van der Waals surface area (Å²) in [4.78, 5) is 24.2. The van der Waals surface area contributed by atoms with Crippen LogP contribution in [0.1, 0.15) is 42.0 Å². The van der Waals surface area contributed by atoms with Gasteiger partial charge in [-0.15, -0.1) is 0 Å². The first-order valence-electron chi connectivity index (χ1n) is 8.41. The largest absolute Gasteiger partial charge is 0.494 e. The average Bonchev–Trinajstić information content (AvgIpc) is 3.39. The van der Waals surface area contributed by atoms with Gasteiger partial charge in [-0.3, -0.25) is 0 Å². The molecule has 2 heterocycles. The van der Waals surface area contributed by atoms with Crippen molar-refractivity contribution in [2.45, 2.75) is 25.7 Å². The fraction of sp³-hybridized carbons (Fsp3) is 0.316. The normalized spacial score (nSPS) is 13.8. The Labute approximate surface area is 145 Å². The molecular formula is C19H19N3O3. The van der Waals surface area contributed by atoms with Gasteiger partial charge in [0.25, 0.3) is 0 Å². The van der Waals surface area contributed by atoms with E-state index in [1.807, 2.05) is 18.2 Å². The Balaban J connectivity index is 1.77. The van der Waals surface area contributed by atoms with E-state index in [0.717, 1.165) is 33.7 Å². The summed E-state index contributed by atoms with van der Waals surface area (Å²) in [5.41, 5.74) is 3.93. The summed E-state index contributed by atoms with van der Waals surface area (Å²) in [5.74, 6) is 1.89. The van der Waals surface area contributed by atoms with E-state index in [-0.39, 0.29) is 0 Å². The van der Waals surface area contributed by atoms with Gasteiger partial charge < -0.3 is 14.5 Å². The maximum Gasteiger partial charge on any atom is 0.356 e. The molecule has 2 aromatic heterocycles. The zero-order valence-electron chi connectivity index (χ0n) is 14.2. The van der Waals surface area contributed by atoms with E-state index in [1.165, 1.54) is 12.8 Å². The number of imidazole rings is 1. The van der Waals surface area contributed by atoms with Crippen LogP contribution in [0.4, 0.5) is 0 Å². The number of carbonyl (C=O) groups excluding carboxylic acids is 1. The van der Waals surface area contributed by atoms with Crippen LogP contribution < -0.4 is 4.74 Å². The molecule has 1 saturated carbocycles. The number of aromatic nitrogens is 3. The first kappa shape index (κ1) is 15.6. The number of benzene rings is 1. The summed E-state index contributed by atoms with van der Waals surface area (Å²) in [7, 11) is 1.65. The van der Waals surface area contributed by atoms with Crippen LogP contribution in [0.2, 0.25) is 0 Å². The molecular weight excluding hydrogens is 318 g/mol. The number of nitrogens with zero attached hydrogens (tertiary/aromatic N) is 2. The third kappa shape index (κ3) is 2.84. The lowest BCUT2D eigenvalue weighted by atomic mass is 10.1. The molecule has 0 bridgehead atoms. The number of hydrogen-bond acceptors (Lipinski definition) is 5. The number of hydrogen-bond donors (Lipinski definition) is 1. The second-order valence-corrected chi connectivity index (χ2v) is 6.09. The monoisotopic (exact) mass is 337 g/mol. The van der Waals surface area contributed by atoms with Crippen molar-refractivity contribution in [3.8, 4) is 16.9 Å². The molecule has 3 aromatic rings. The van der Waals surface area contributed by atoms with Crippen LogP contribution in [-0.4, -0.2) is 34.6 Å². The number of nitrogens with one attached hydrogen (secondary N) is 1. The number of fused-ring (bicyclic) bond motifs is 1. The Morgan fingerprint density at radius 2 is 2.12 bits per heavy atom. The van der Waals surface area contributed by atoms with Crippen LogP contribution in [0, 0.1) is 0 Å². The van der Waals surface area contributed by atoms with Gasteiger partial charge in [-0.05, 0) is 38.0 Å². The lowest BCUT2D eigenvalue weighted by molar-refractivity contribution is 0.0519. The first-order valence-corrected chi connectivity index (χ1v) is 8.41. The van der Waals surface area contributed by atoms with Crippen LogP contribution in [0.5, 0.6) is 5.75 Å². The summed E-state index contributed by atoms with van der Waals surface area (Å²) in [6, 6.07) is 7.44. The van der Waals surface area contributed by atoms with E-state index in [4.69, 9.17) is 14.5 Å². The molecule has 128 valence electrons. The van der Waals surface area contributed by atoms with Gasteiger partial charge in [-0.2, -0.15) is 0 Å². The minimum atomic E-state index is -0.412. The standard InChI is InChI=1S/C19H19N3O3/c1-3-25-19(23)14-8-6-12(10-20-14)13-7-9-15(24-2)17-16(13)21-18(22-17)11-4-5-11/h6-11H,3-5H2,1-2H3,(H,21,22). The second-order valence-electron chi connectivity index (χ2n) is 6.09. The highest BCUT2D eigenvalue weighted by Crippen LogP contribution is 2.41. The molecule has 0 radical (unpaired) electrons. The molecule has 1 aromatic carbocycles. The van der Waals surface area contributed by atoms with E-state index in [1.54, 1.807) is 26.3 Å². The maximum absolute atomic E-state index is 11.8. The van der Waals surface area contributed by atoms with Gasteiger partial charge in [0.2, 0.25) is 0 Å². The quantitative estimate of drug-likeness (QED) is 0.719. The van der Waals surface area contributed by atoms with E-state index >= 15 is 0 Å². The summed E-state index contributed by atoms with van der Waals surface area (Å²) in [5, 5.41) is 0. The number of H-pyrrole nitrogens is 1. The molecule has 1 aliphatic carbocycles. The third-order valence-corrected chi connectivity index (χ3v) is 4.37. The number of methoxy groups -OCH3 is 1. The molecule has 1 fully saturated rings. The van der Waals surface area contributed by atoms with Crippen LogP contribution in [-0.2, 0) is 4.74 Å². The number of rotatable bonds is 5. The van der Waals surface area contributed by atoms with Crippen molar-refractivity contribution < 1.29 is 14.3 Å². The van der Waals surface area contributed by atoms with Crippen LogP contribution >= 0.6 is 0 Å². The predicted molar refractivity (Wildman–Crippen MR) is 93.8 cm³/mol. The Bertz CT molecular complexity index is 927. The number of ether oxygens (including phenoxy) is 2. The second kappa shape index (κ2) is 6.20. The molecule has 0 unspecified atom stereocenters. The smallest absolute Gasteiger partial charge is 0.356 e. The van der Waals surface area contributed by atoms with Gasteiger partial charge in [0.05, 0.1) is 13.7 Å². The van der Waals surface area contributed by atoms with Crippen LogP contribution in [0.15, 0.2) is 30.5 Å². The molecule has 4 rings (SSSR count). The number of pyridine rings is 1. The van der Waals surface area contributed by atoms with Gasteiger partial charge in [0, 0.05) is 23.2 Å². The molecule has 0 aliphatic heterocycles. The Kier molecular flexibility index (Phi) is 3.87. The van der Waals surface area contributed by atoms with Crippen molar-refractivity contribution in [1.82, 2.24) is 15.0 Å². The Morgan fingerprint density at radius 3 is 2.76 bits per heavy atom. The summed E-state index contributed by atoms with van der Waals surface area (Å²) < 4.78 is 10.4. The topological polar surface area (TPSA) is 77.1 Å². The first-order chi connectivity index (χ1) is 12.2. The minimum absolute atomic E-state index is 0.302. The van der Waals surface area contributed by atoms with Gasteiger partial charge in [0.1, 0.15) is 28.3 Å². The highest BCUT2D eigenvalue weighted by atomic mass is 16.5. The average molecular weight is 337 g/mol. The third-order valence-electron chi connectivity index (χ3n) is 4.37. The summed E-state index contributed by atoms with van der Waals surface area (Å²) >= 11 is 0. The zero-order chi connectivity index (χ0) is 17.4.